The van der Waals surface area contributed by atoms with Gasteiger partial charge in [-0.15, -0.1) is 0 Å². The van der Waals surface area contributed by atoms with Gasteiger partial charge in [-0.3, -0.25) is 5.32 Å². The monoisotopic (exact) mass is 303 g/mol. The lowest BCUT2D eigenvalue weighted by Gasteiger charge is -2.15. The maximum Gasteiger partial charge on any atom is 0.362 e. The summed E-state index contributed by atoms with van der Waals surface area (Å²) < 4.78 is 5.27. The number of fused-ring (bicyclic) bond motifs is 1. The number of hydrogen-bond acceptors (Lipinski definition) is 4. The highest BCUT2D eigenvalue weighted by Crippen LogP contribution is 2.28. The first kappa shape index (κ1) is 15.9. The molecule has 0 bridgehead atoms. The molecule has 2 aromatic rings. The average molecular weight is 303 g/mol. The lowest BCUT2D eigenvalue weighted by molar-refractivity contribution is 0.249. The van der Waals surface area contributed by atoms with E-state index >= 15 is 0 Å². The van der Waals surface area contributed by atoms with Gasteiger partial charge in [0.1, 0.15) is 5.58 Å². The Hall–Kier alpha value is -2.50. The predicted octanol–water partition coefficient (Wildman–Crippen LogP) is 3.14. The van der Waals surface area contributed by atoms with Gasteiger partial charge in [0, 0.05) is 18.0 Å². The van der Waals surface area contributed by atoms with Gasteiger partial charge in [0.25, 0.3) is 0 Å². The Labute approximate surface area is 128 Å². The lowest BCUT2D eigenvalue weighted by atomic mass is 10.2. The van der Waals surface area contributed by atoms with Gasteiger partial charge in [0.05, 0.1) is 5.69 Å². The summed E-state index contributed by atoms with van der Waals surface area (Å²) in [5.41, 5.74) is 0.611. The Bertz CT molecular complexity index is 724. The standard InChI is InChI=1S/C16H21N3O3/c1-4-10(3)18-16(21)19-14-13(17-5-2)11-8-6-7-9-12(11)22-15(14)20/h6-10,17H,4-5H2,1-3H3,(H2,18,19,21)/t10-/m0/s1. The van der Waals surface area contributed by atoms with Crippen LogP contribution in [0.3, 0.4) is 0 Å². The third-order valence-corrected chi connectivity index (χ3v) is 3.40. The molecule has 1 aromatic heterocycles. The highest BCUT2D eigenvalue weighted by Gasteiger charge is 2.16. The van der Waals surface area contributed by atoms with Gasteiger partial charge in [-0.1, -0.05) is 19.1 Å². The number of benzene rings is 1. The SMILES string of the molecule is CCNc1c(NC(=O)N[C@@H](C)CC)c(=O)oc2ccccc12. The van der Waals surface area contributed by atoms with Gasteiger partial charge in [0.15, 0.2) is 5.69 Å². The van der Waals surface area contributed by atoms with Crippen LogP contribution < -0.4 is 21.6 Å². The number of hydrogen-bond donors (Lipinski definition) is 3. The molecule has 0 saturated carbocycles. The van der Waals surface area contributed by atoms with E-state index < -0.39 is 11.7 Å². The van der Waals surface area contributed by atoms with E-state index in [0.29, 0.717) is 17.8 Å². The average Bonchev–Trinajstić information content (AvgIpc) is 2.50. The molecule has 0 unspecified atom stereocenters. The fraction of sp³-hybridized carbons (Fsp3) is 0.375. The van der Waals surface area contributed by atoms with Crippen molar-refractivity contribution in [2.75, 3.05) is 17.2 Å². The van der Waals surface area contributed by atoms with Crippen molar-refractivity contribution < 1.29 is 9.21 Å². The van der Waals surface area contributed by atoms with Crippen molar-refractivity contribution in [1.82, 2.24) is 5.32 Å². The third kappa shape index (κ3) is 3.39. The number of para-hydroxylation sites is 1. The number of urea groups is 1. The summed E-state index contributed by atoms with van der Waals surface area (Å²) in [6.45, 7) is 6.41. The maximum absolute atomic E-state index is 12.2. The second-order valence-electron chi connectivity index (χ2n) is 5.07. The largest absolute Gasteiger partial charge is 0.421 e. The second kappa shape index (κ2) is 6.98. The van der Waals surface area contributed by atoms with Crippen LogP contribution in [0.5, 0.6) is 0 Å². The highest BCUT2D eigenvalue weighted by molar-refractivity contribution is 6.01. The first-order chi connectivity index (χ1) is 10.6. The summed E-state index contributed by atoms with van der Waals surface area (Å²) in [4.78, 5) is 24.2. The van der Waals surface area contributed by atoms with Gasteiger partial charge >= 0.3 is 11.7 Å². The first-order valence-corrected chi connectivity index (χ1v) is 7.44. The Morgan fingerprint density at radius 1 is 1.23 bits per heavy atom. The second-order valence-corrected chi connectivity index (χ2v) is 5.07. The van der Waals surface area contributed by atoms with Crippen molar-refractivity contribution in [3.8, 4) is 0 Å². The predicted molar refractivity (Wildman–Crippen MR) is 88.6 cm³/mol. The zero-order valence-electron chi connectivity index (χ0n) is 13.0. The molecule has 0 aliphatic heterocycles. The normalized spacial score (nSPS) is 12.0. The smallest absolute Gasteiger partial charge is 0.362 e. The molecule has 0 aliphatic rings. The Kier molecular flexibility index (Phi) is 5.04. The summed E-state index contributed by atoms with van der Waals surface area (Å²) in [6, 6.07) is 6.82. The minimum absolute atomic E-state index is 0.0232. The lowest BCUT2D eigenvalue weighted by Crippen LogP contribution is -2.37. The van der Waals surface area contributed by atoms with Gasteiger partial charge in [-0.25, -0.2) is 9.59 Å². The minimum atomic E-state index is -0.575. The van der Waals surface area contributed by atoms with E-state index in [-0.39, 0.29) is 11.7 Å². The Morgan fingerprint density at radius 3 is 2.64 bits per heavy atom. The molecular weight excluding hydrogens is 282 g/mol. The fourth-order valence-corrected chi connectivity index (χ4v) is 2.10. The first-order valence-electron chi connectivity index (χ1n) is 7.44. The zero-order valence-corrected chi connectivity index (χ0v) is 13.0. The summed E-state index contributed by atoms with van der Waals surface area (Å²) >= 11 is 0. The number of nitrogens with one attached hydrogen (secondary N) is 3. The molecule has 2 amide bonds. The van der Waals surface area contributed by atoms with E-state index in [9.17, 15) is 9.59 Å². The molecule has 0 spiro atoms. The molecule has 1 heterocycles. The molecule has 2 rings (SSSR count). The Morgan fingerprint density at radius 2 is 1.95 bits per heavy atom. The summed E-state index contributed by atoms with van der Waals surface area (Å²) in [5, 5.41) is 9.25. The van der Waals surface area contributed by atoms with E-state index in [4.69, 9.17) is 4.42 Å². The van der Waals surface area contributed by atoms with Crippen LogP contribution in [0.4, 0.5) is 16.2 Å². The van der Waals surface area contributed by atoms with Crippen molar-refractivity contribution in [3.05, 3.63) is 34.7 Å². The van der Waals surface area contributed by atoms with E-state index in [1.165, 1.54) is 0 Å². The van der Waals surface area contributed by atoms with Gasteiger partial charge in [0.2, 0.25) is 0 Å². The topological polar surface area (TPSA) is 83.4 Å². The van der Waals surface area contributed by atoms with Crippen molar-refractivity contribution >= 4 is 28.4 Å². The fourth-order valence-electron chi connectivity index (χ4n) is 2.10. The molecule has 3 N–H and O–H groups in total. The van der Waals surface area contributed by atoms with Gasteiger partial charge in [-0.2, -0.15) is 0 Å². The minimum Gasteiger partial charge on any atom is -0.421 e. The van der Waals surface area contributed by atoms with E-state index in [2.05, 4.69) is 16.0 Å². The van der Waals surface area contributed by atoms with Crippen LogP contribution >= 0.6 is 0 Å². The van der Waals surface area contributed by atoms with Crippen LogP contribution in [-0.4, -0.2) is 18.6 Å². The summed E-state index contributed by atoms with van der Waals surface area (Å²) in [6.07, 6.45) is 0.805. The number of amides is 2. The van der Waals surface area contributed by atoms with Crippen molar-refractivity contribution in [2.24, 2.45) is 0 Å². The quantitative estimate of drug-likeness (QED) is 0.741. The van der Waals surface area contributed by atoms with Crippen LogP contribution in [0.1, 0.15) is 27.2 Å². The molecule has 0 saturated heterocycles. The van der Waals surface area contributed by atoms with Crippen molar-refractivity contribution in [1.29, 1.82) is 0 Å². The highest BCUT2D eigenvalue weighted by atomic mass is 16.4. The molecular formula is C16H21N3O3. The van der Waals surface area contributed by atoms with Crippen LogP contribution in [0, 0.1) is 0 Å². The molecule has 0 radical (unpaired) electrons. The van der Waals surface area contributed by atoms with Crippen LogP contribution in [0.15, 0.2) is 33.5 Å². The number of rotatable bonds is 5. The third-order valence-electron chi connectivity index (χ3n) is 3.40. The van der Waals surface area contributed by atoms with E-state index in [0.717, 1.165) is 11.8 Å². The number of carbonyl (C=O) groups is 1. The van der Waals surface area contributed by atoms with Crippen LogP contribution in [0.2, 0.25) is 0 Å². The van der Waals surface area contributed by atoms with Crippen molar-refractivity contribution in [3.63, 3.8) is 0 Å². The molecule has 6 nitrogen and oxygen atoms in total. The maximum atomic E-state index is 12.2. The summed E-state index contributed by atoms with van der Waals surface area (Å²) in [5.74, 6) is 0. The molecule has 1 aromatic carbocycles. The molecule has 0 aliphatic carbocycles. The van der Waals surface area contributed by atoms with Gasteiger partial charge in [-0.05, 0) is 32.4 Å². The van der Waals surface area contributed by atoms with Crippen LogP contribution in [-0.2, 0) is 0 Å². The van der Waals surface area contributed by atoms with Crippen LogP contribution in [0.25, 0.3) is 11.0 Å². The van der Waals surface area contributed by atoms with Gasteiger partial charge < -0.3 is 15.1 Å². The molecule has 118 valence electrons. The van der Waals surface area contributed by atoms with Crippen molar-refractivity contribution in [2.45, 2.75) is 33.2 Å². The molecule has 22 heavy (non-hydrogen) atoms. The Balaban J connectivity index is 2.43. The van der Waals surface area contributed by atoms with E-state index in [1.807, 2.05) is 32.9 Å². The molecule has 6 heteroatoms. The number of carbonyl (C=O) groups excluding carboxylic acids is 1. The van der Waals surface area contributed by atoms with E-state index in [1.54, 1.807) is 12.1 Å². The zero-order chi connectivity index (χ0) is 16.1. The summed E-state index contributed by atoms with van der Waals surface area (Å²) in [7, 11) is 0. The molecule has 1 atom stereocenters. The molecule has 0 fully saturated rings. The number of anilines is 2.